The highest BCUT2D eigenvalue weighted by molar-refractivity contribution is 5.97. The Morgan fingerprint density at radius 3 is 2.30 bits per heavy atom. The summed E-state index contributed by atoms with van der Waals surface area (Å²) in [7, 11) is 0. The second kappa shape index (κ2) is 8.53. The maximum atomic E-state index is 12.8. The first-order valence-electron chi connectivity index (χ1n) is 10.1. The molecule has 0 spiro atoms. The van der Waals surface area contributed by atoms with E-state index in [2.05, 4.69) is 10.4 Å². The molecule has 0 aliphatic heterocycles. The van der Waals surface area contributed by atoms with E-state index < -0.39 is 5.97 Å². The van der Waals surface area contributed by atoms with Gasteiger partial charge in [-0.2, -0.15) is 5.10 Å². The number of rotatable bonds is 7. The molecule has 1 saturated carbocycles. The molecule has 1 fully saturated rings. The van der Waals surface area contributed by atoms with E-state index >= 15 is 0 Å². The van der Waals surface area contributed by atoms with Gasteiger partial charge in [0.1, 0.15) is 11.3 Å². The van der Waals surface area contributed by atoms with E-state index in [-0.39, 0.29) is 18.6 Å². The Bertz CT molecular complexity index is 1050. The van der Waals surface area contributed by atoms with Crippen molar-refractivity contribution in [1.29, 1.82) is 0 Å². The van der Waals surface area contributed by atoms with Crippen LogP contribution >= 0.6 is 0 Å². The highest BCUT2D eigenvalue weighted by Crippen LogP contribution is 2.24. The molecule has 1 heterocycles. The first-order chi connectivity index (χ1) is 14.5. The Kier molecular flexibility index (Phi) is 5.65. The molecule has 154 valence electrons. The molecule has 1 N–H and O–H groups in total. The number of hydrogen-bond acceptors (Lipinski definition) is 4. The summed E-state index contributed by atoms with van der Waals surface area (Å²) in [5.74, 6) is -0.818. The smallest absolute Gasteiger partial charge is 0.342 e. The highest BCUT2D eigenvalue weighted by Gasteiger charge is 2.25. The Hall–Kier alpha value is -3.41. The summed E-state index contributed by atoms with van der Waals surface area (Å²) >= 11 is 0. The largest absolute Gasteiger partial charge is 0.452 e. The van der Waals surface area contributed by atoms with Crippen LogP contribution in [-0.4, -0.2) is 34.3 Å². The van der Waals surface area contributed by atoms with Crippen molar-refractivity contribution in [3.63, 3.8) is 0 Å². The lowest BCUT2D eigenvalue weighted by atomic mass is 10.1. The van der Waals surface area contributed by atoms with E-state index in [1.807, 2.05) is 62.4 Å². The predicted molar refractivity (Wildman–Crippen MR) is 114 cm³/mol. The predicted octanol–water partition coefficient (Wildman–Crippen LogP) is 3.65. The van der Waals surface area contributed by atoms with Crippen LogP contribution < -0.4 is 5.32 Å². The lowest BCUT2D eigenvalue weighted by molar-refractivity contribution is -0.124. The van der Waals surface area contributed by atoms with Gasteiger partial charge >= 0.3 is 5.97 Å². The van der Waals surface area contributed by atoms with Crippen molar-refractivity contribution in [3.8, 4) is 11.3 Å². The number of nitrogens with one attached hydrogen (secondary N) is 1. The zero-order chi connectivity index (χ0) is 21.1. The molecule has 30 heavy (non-hydrogen) atoms. The third-order valence-corrected chi connectivity index (χ3v) is 5.05. The summed E-state index contributed by atoms with van der Waals surface area (Å²) in [5.41, 5.74) is 5.13. The van der Waals surface area contributed by atoms with E-state index in [9.17, 15) is 9.59 Å². The second-order valence-electron chi connectivity index (χ2n) is 7.86. The van der Waals surface area contributed by atoms with Gasteiger partial charge in [0.2, 0.25) is 0 Å². The van der Waals surface area contributed by atoms with E-state index in [0.29, 0.717) is 17.8 Å². The van der Waals surface area contributed by atoms with Crippen LogP contribution in [-0.2, 0) is 16.1 Å². The summed E-state index contributed by atoms with van der Waals surface area (Å²) in [6.45, 7) is 4.30. The number of carbonyl (C=O) groups excluding carboxylic acids is 2. The van der Waals surface area contributed by atoms with Crippen molar-refractivity contribution < 1.29 is 14.3 Å². The number of nitrogens with zero attached hydrogens (tertiary/aromatic N) is 2. The van der Waals surface area contributed by atoms with Crippen LogP contribution in [0.5, 0.6) is 0 Å². The minimum atomic E-state index is -0.549. The van der Waals surface area contributed by atoms with Crippen molar-refractivity contribution in [2.24, 2.45) is 0 Å². The van der Waals surface area contributed by atoms with Crippen molar-refractivity contribution in [2.45, 2.75) is 39.3 Å². The lowest BCUT2D eigenvalue weighted by Gasteiger charge is -2.06. The number of aryl methyl sites for hydroxylation is 2. The zero-order valence-electron chi connectivity index (χ0n) is 17.2. The van der Waals surface area contributed by atoms with Gasteiger partial charge in [-0.15, -0.1) is 0 Å². The van der Waals surface area contributed by atoms with E-state index in [4.69, 9.17) is 4.74 Å². The van der Waals surface area contributed by atoms with Gasteiger partial charge in [0.05, 0.1) is 6.54 Å². The van der Waals surface area contributed by atoms with Gasteiger partial charge in [0, 0.05) is 17.8 Å². The topological polar surface area (TPSA) is 73.2 Å². The zero-order valence-corrected chi connectivity index (χ0v) is 17.2. The lowest BCUT2D eigenvalue weighted by Crippen LogP contribution is -2.30. The Labute approximate surface area is 175 Å². The highest BCUT2D eigenvalue weighted by atomic mass is 16.5. The SMILES string of the molecule is Cc1ccc(Cn2cc(C(=O)OCC(=O)NC3CC3)c(-c3ccc(C)cc3)n2)cc1. The molecule has 0 bridgehead atoms. The van der Waals surface area contributed by atoms with Crippen LogP contribution in [0.25, 0.3) is 11.3 Å². The molecular weight excluding hydrogens is 378 g/mol. The number of esters is 1. The number of amides is 1. The maximum absolute atomic E-state index is 12.8. The number of hydrogen-bond donors (Lipinski definition) is 1. The van der Waals surface area contributed by atoms with Crippen LogP contribution in [0, 0.1) is 13.8 Å². The molecule has 1 aliphatic rings. The van der Waals surface area contributed by atoms with Gasteiger partial charge in [-0.05, 0) is 32.3 Å². The number of carbonyl (C=O) groups is 2. The Morgan fingerprint density at radius 2 is 1.67 bits per heavy atom. The maximum Gasteiger partial charge on any atom is 0.342 e. The van der Waals surface area contributed by atoms with Crippen molar-refractivity contribution >= 4 is 11.9 Å². The van der Waals surface area contributed by atoms with Gasteiger partial charge in [-0.1, -0.05) is 59.7 Å². The van der Waals surface area contributed by atoms with Crippen molar-refractivity contribution in [2.75, 3.05) is 6.61 Å². The fraction of sp³-hybridized carbons (Fsp3) is 0.292. The van der Waals surface area contributed by atoms with E-state index in [0.717, 1.165) is 29.5 Å². The summed E-state index contributed by atoms with van der Waals surface area (Å²) in [6.07, 6.45) is 3.67. The average molecular weight is 403 g/mol. The van der Waals surface area contributed by atoms with Gasteiger partial charge in [0.25, 0.3) is 5.91 Å². The summed E-state index contributed by atoms with van der Waals surface area (Å²) in [4.78, 5) is 24.7. The van der Waals surface area contributed by atoms with Crippen LogP contribution in [0.2, 0.25) is 0 Å². The summed E-state index contributed by atoms with van der Waals surface area (Å²) < 4.78 is 7.02. The third-order valence-electron chi connectivity index (χ3n) is 5.05. The van der Waals surface area contributed by atoms with Crippen LogP contribution in [0.3, 0.4) is 0 Å². The molecule has 0 atom stereocenters. The van der Waals surface area contributed by atoms with Crippen LogP contribution in [0.4, 0.5) is 0 Å². The summed E-state index contributed by atoms with van der Waals surface area (Å²) in [5, 5.41) is 7.47. The monoisotopic (exact) mass is 403 g/mol. The molecule has 0 saturated heterocycles. The number of aromatic nitrogens is 2. The first-order valence-corrected chi connectivity index (χ1v) is 10.1. The van der Waals surface area contributed by atoms with Crippen LogP contribution in [0.1, 0.15) is 39.9 Å². The molecule has 4 rings (SSSR count). The summed E-state index contributed by atoms with van der Waals surface area (Å²) in [6, 6.07) is 16.2. The van der Waals surface area contributed by atoms with Gasteiger partial charge in [0.15, 0.2) is 6.61 Å². The molecule has 1 amide bonds. The number of benzene rings is 2. The average Bonchev–Trinajstić information content (AvgIpc) is 3.45. The normalized spacial score (nSPS) is 13.1. The fourth-order valence-electron chi connectivity index (χ4n) is 3.16. The molecule has 0 radical (unpaired) electrons. The van der Waals surface area contributed by atoms with Gasteiger partial charge in [-0.3, -0.25) is 9.48 Å². The third kappa shape index (κ3) is 4.95. The molecule has 1 aliphatic carbocycles. The fourth-order valence-corrected chi connectivity index (χ4v) is 3.16. The molecule has 1 aromatic heterocycles. The number of ether oxygens (including phenoxy) is 1. The first kappa shape index (κ1) is 19.9. The van der Waals surface area contributed by atoms with Crippen LogP contribution in [0.15, 0.2) is 54.7 Å². The standard InChI is InChI=1S/C24H25N3O3/c1-16-3-7-18(8-4-16)13-27-14-21(23(26-27)19-9-5-17(2)6-10-19)24(29)30-15-22(28)25-20-11-12-20/h3-10,14,20H,11-13,15H2,1-2H3,(H,25,28). The van der Waals surface area contributed by atoms with Gasteiger partial charge < -0.3 is 10.1 Å². The Balaban J connectivity index is 1.56. The second-order valence-corrected chi connectivity index (χ2v) is 7.86. The van der Waals surface area contributed by atoms with Gasteiger partial charge in [-0.25, -0.2) is 4.79 Å². The Morgan fingerprint density at radius 1 is 1.03 bits per heavy atom. The van der Waals surface area contributed by atoms with E-state index in [1.165, 1.54) is 5.56 Å². The molecule has 0 unspecified atom stereocenters. The molecule has 6 nitrogen and oxygen atoms in total. The quantitative estimate of drug-likeness (QED) is 0.611. The van der Waals surface area contributed by atoms with E-state index in [1.54, 1.807) is 10.9 Å². The molecule has 2 aromatic carbocycles. The van der Waals surface area contributed by atoms with Crippen molar-refractivity contribution in [3.05, 3.63) is 77.0 Å². The molecule has 6 heteroatoms. The minimum absolute atomic E-state index is 0.233. The molecular formula is C24H25N3O3. The minimum Gasteiger partial charge on any atom is -0.452 e. The molecule has 3 aromatic rings. The van der Waals surface area contributed by atoms with Crippen molar-refractivity contribution in [1.82, 2.24) is 15.1 Å².